The molecule has 2 aliphatic rings. The van der Waals surface area contributed by atoms with E-state index in [1.807, 2.05) is 24.7 Å². The van der Waals surface area contributed by atoms with Gasteiger partial charge in [-0.1, -0.05) is 13.8 Å². The first-order chi connectivity index (χ1) is 17.5. The summed E-state index contributed by atoms with van der Waals surface area (Å²) in [5, 5.41) is 4.41. The van der Waals surface area contributed by atoms with Crippen LogP contribution in [0.4, 0.5) is 11.5 Å². The van der Waals surface area contributed by atoms with Crippen LogP contribution in [0.3, 0.4) is 0 Å². The highest BCUT2D eigenvalue weighted by Gasteiger charge is 2.20. The Kier molecular flexibility index (Phi) is 7.09. The Labute approximate surface area is 212 Å². The molecule has 0 unspecified atom stereocenters. The highest BCUT2D eigenvalue weighted by atomic mass is 16.5. The molecule has 3 aromatic heterocycles. The van der Waals surface area contributed by atoms with Gasteiger partial charge in [0.15, 0.2) is 0 Å². The molecule has 1 saturated heterocycles. The number of anilines is 2. The Morgan fingerprint density at radius 1 is 1.11 bits per heavy atom. The molecule has 1 fully saturated rings. The molecule has 0 spiro atoms. The highest BCUT2D eigenvalue weighted by molar-refractivity contribution is 5.89. The lowest BCUT2D eigenvalue weighted by atomic mass is 10.1. The van der Waals surface area contributed by atoms with Crippen molar-refractivity contribution < 1.29 is 4.74 Å². The lowest BCUT2D eigenvalue weighted by molar-refractivity contribution is 0.270. The average Bonchev–Trinajstić information content (AvgIpc) is 3.10. The van der Waals surface area contributed by atoms with Crippen molar-refractivity contribution in [2.75, 3.05) is 63.6 Å². The zero-order valence-corrected chi connectivity index (χ0v) is 21.5. The molecule has 3 aromatic rings. The van der Waals surface area contributed by atoms with E-state index in [-0.39, 0.29) is 0 Å². The van der Waals surface area contributed by atoms with Crippen molar-refractivity contribution in [1.29, 1.82) is 0 Å². The third-order valence-corrected chi connectivity index (χ3v) is 6.68. The lowest BCUT2D eigenvalue weighted by Gasteiger charge is -2.27. The van der Waals surface area contributed by atoms with Gasteiger partial charge in [0.25, 0.3) is 0 Å². The zero-order chi connectivity index (χ0) is 25.1. The minimum absolute atomic E-state index is 0.436. The molecule has 190 valence electrons. The van der Waals surface area contributed by atoms with Gasteiger partial charge >= 0.3 is 0 Å². The van der Waals surface area contributed by atoms with Gasteiger partial charge in [0.05, 0.1) is 36.7 Å². The largest absolute Gasteiger partial charge is 0.492 e. The van der Waals surface area contributed by atoms with Crippen molar-refractivity contribution in [3.63, 3.8) is 0 Å². The van der Waals surface area contributed by atoms with E-state index < -0.39 is 0 Å². The number of aromatic nitrogens is 3. The molecule has 0 bridgehead atoms. The first-order valence-corrected chi connectivity index (χ1v) is 12.7. The van der Waals surface area contributed by atoms with E-state index in [9.17, 15) is 0 Å². The van der Waals surface area contributed by atoms with Crippen LogP contribution < -0.4 is 15.4 Å². The van der Waals surface area contributed by atoms with Crippen molar-refractivity contribution in [2.24, 2.45) is 10.9 Å². The number of aliphatic imine (C=N–C) groups is 1. The van der Waals surface area contributed by atoms with Crippen LogP contribution >= 0.6 is 0 Å². The number of rotatable bonds is 7. The summed E-state index contributed by atoms with van der Waals surface area (Å²) >= 11 is 0. The highest BCUT2D eigenvalue weighted by Crippen LogP contribution is 2.32. The van der Waals surface area contributed by atoms with E-state index in [2.05, 4.69) is 63.9 Å². The molecular weight excluding hydrogens is 452 g/mol. The summed E-state index contributed by atoms with van der Waals surface area (Å²) in [5.74, 6) is 3.35. The van der Waals surface area contributed by atoms with Gasteiger partial charge < -0.3 is 20.3 Å². The standard InChI is InChI=1S/C27H36N8O/c1-20(2)19-36-22-14-23(27-24(28)16-31-35(27)17-22)21-6-7-25(30-15-21)34-11-5-10-33(12-13-34)18-26-29-8-4-9-32(26)3/h4,6-8,14-17,20H,5,9-13,18-19,28H2,1-3H3. The first-order valence-electron chi connectivity index (χ1n) is 12.7. The fraction of sp³-hybridized carbons (Fsp3) is 0.444. The summed E-state index contributed by atoms with van der Waals surface area (Å²) in [6.45, 7) is 10.7. The van der Waals surface area contributed by atoms with Crippen molar-refractivity contribution in [1.82, 2.24) is 24.4 Å². The van der Waals surface area contributed by atoms with Crippen LogP contribution in [0.15, 0.2) is 54.1 Å². The molecule has 36 heavy (non-hydrogen) atoms. The summed E-state index contributed by atoms with van der Waals surface area (Å²) in [5.41, 5.74) is 9.74. The number of hydrogen-bond acceptors (Lipinski definition) is 8. The van der Waals surface area contributed by atoms with Crippen LogP contribution in [-0.4, -0.2) is 83.2 Å². The SMILES string of the molecule is CC(C)COc1cc(-c2ccc(N3CCCN(CC4=NC=CCN4C)CC3)nc2)c2c(N)cnn2c1. The minimum Gasteiger partial charge on any atom is -0.492 e. The normalized spacial score (nSPS) is 17.1. The molecule has 0 saturated carbocycles. The second-order valence-corrected chi connectivity index (χ2v) is 10.0. The Hall–Kier alpha value is -3.59. The lowest BCUT2D eigenvalue weighted by Crippen LogP contribution is -2.41. The predicted octanol–water partition coefficient (Wildman–Crippen LogP) is 3.38. The molecule has 0 amide bonds. The van der Waals surface area contributed by atoms with Crippen LogP contribution in [0.5, 0.6) is 5.75 Å². The second-order valence-electron chi connectivity index (χ2n) is 10.0. The fourth-order valence-corrected chi connectivity index (χ4v) is 4.68. The molecule has 2 N–H and O–H groups in total. The van der Waals surface area contributed by atoms with E-state index in [0.717, 1.165) is 79.7 Å². The number of ether oxygens (including phenoxy) is 1. The van der Waals surface area contributed by atoms with Gasteiger partial charge in [0.2, 0.25) is 0 Å². The quantitative estimate of drug-likeness (QED) is 0.545. The monoisotopic (exact) mass is 488 g/mol. The number of nitrogens with two attached hydrogens (primary N) is 1. The maximum Gasteiger partial charge on any atom is 0.138 e. The van der Waals surface area contributed by atoms with Gasteiger partial charge in [-0.2, -0.15) is 5.10 Å². The molecule has 9 heteroatoms. The van der Waals surface area contributed by atoms with Crippen molar-refractivity contribution in [3.05, 3.63) is 49.1 Å². The molecule has 2 aliphatic heterocycles. The third-order valence-electron chi connectivity index (χ3n) is 6.68. The van der Waals surface area contributed by atoms with Gasteiger partial charge in [-0.3, -0.25) is 4.90 Å². The number of pyridine rings is 2. The predicted molar refractivity (Wildman–Crippen MR) is 146 cm³/mol. The molecule has 0 aliphatic carbocycles. The van der Waals surface area contributed by atoms with Gasteiger partial charge in [-0.05, 0) is 36.6 Å². The Bertz CT molecular complexity index is 1250. The Morgan fingerprint density at radius 2 is 2.00 bits per heavy atom. The average molecular weight is 489 g/mol. The van der Waals surface area contributed by atoms with Gasteiger partial charge in [-0.25, -0.2) is 14.5 Å². The number of amidine groups is 1. The van der Waals surface area contributed by atoms with Gasteiger partial charge in [0, 0.05) is 63.3 Å². The van der Waals surface area contributed by atoms with Crippen LogP contribution in [0.1, 0.15) is 20.3 Å². The molecular formula is C27H36N8O. The Morgan fingerprint density at radius 3 is 2.78 bits per heavy atom. The second kappa shape index (κ2) is 10.6. The van der Waals surface area contributed by atoms with E-state index in [0.29, 0.717) is 18.2 Å². The first kappa shape index (κ1) is 24.1. The number of fused-ring (bicyclic) bond motifs is 1. The van der Waals surface area contributed by atoms with Crippen LogP contribution in [-0.2, 0) is 0 Å². The maximum atomic E-state index is 6.27. The molecule has 0 atom stereocenters. The van der Waals surface area contributed by atoms with Crippen LogP contribution in [0.25, 0.3) is 16.6 Å². The molecule has 0 aromatic carbocycles. The van der Waals surface area contributed by atoms with Gasteiger partial charge in [0.1, 0.15) is 17.4 Å². The number of nitrogens with zero attached hydrogens (tertiary/aromatic N) is 7. The topological polar surface area (TPSA) is 87.5 Å². The van der Waals surface area contributed by atoms with Crippen LogP contribution in [0.2, 0.25) is 0 Å². The van der Waals surface area contributed by atoms with Crippen molar-refractivity contribution in [3.8, 4) is 16.9 Å². The van der Waals surface area contributed by atoms with Gasteiger partial charge in [-0.15, -0.1) is 0 Å². The van der Waals surface area contributed by atoms with E-state index in [1.165, 1.54) is 0 Å². The fourth-order valence-electron chi connectivity index (χ4n) is 4.68. The summed E-state index contributed by atoms with van der Waals surface area (Å²) in [4.78, 5) is 16.5. The Balaban J connectivity index is 1.31. The number of hydrogen-bond donors (Lipinski definition) is 1. The van der Waals surface area contributed by atoms with Crippen molar-refractivity contribution in [2.45, 2.75) is 20.3 Å². The third kappa shape index (κ3) is 5.31. The van der Waals surface area contributed by atoms with E-state index >= 15 is 0 Å². The summed E-state index contributed by atoms with van der Waals surface area (Å²) in [6.07, 6.45) is 10.6. The van der Waals surface area contributed by atoms with E-state index in [4.69, 9.17) is 15.5 Å². The number of nitrogen functional groups attached to an aromatic ring is 1. The minimum atomic E-state index is 0.436. The molecule has 9 nitrogen and oxygen atoms in total. The summed E-state index contributed by atoms with van der Waals surface area (Å²) < 4.78 is 7.79. The maximum absolute atomic E-state index is 6.27. The molecule has 5 rings (SSSR count). The molecule has 0 radical (unpaired) electrons. The number of likely N-dealkylation sites (N-methyl/N-ethyl adjacent to an activating group) is 1. The summed E-state index contributed by atoms with van der Waals surface area (Å²) in [7, 11) is 2.11. The zero-order valence-electron chi connectivity index (χ0n) is 21.5. The summed E-state index contributed by atoms with van der Waals surface area (Å²) in [6, 6.07) is 6.27. The smallest absolute Gasteiger partial charge is 0.138 e. The van der Waals surface area contributed by atoms with Crippen LogP contribution in [0, 0.1) is 5.92 Å². The van der Waals surface area contributed by atoms with Crippen molar-refractivity contribution >= 4 is 22.9 Å². The van der Waals surface area contributed by atoms with E-state index in [1.54, 1.807) is 10.7 Å². The molecule has 5 heterocycles.